The molecule has 0 saturated carbocycles. The largest absolute Gasteiger partial charge is 0.453 e. The molecule has 1 amide bonds. The number of ether oxygens (including phenoxy) is 1. The highest BCUT2D eigenvalue weighted by Gasteiger charge is 2.21. The van der Waals surface area contributed by atoms with Crippen LogP contribution < -0.4 is 10.1 Å². The number of carbonyl (C=O) groups excluding carboxylic acids is 1. The second-order valence-electron chi connectivity index (χ2n) is 7.72. The Morgan fingerprint density at radius 1 is 1.09 bits per heavy atom. The van der Waals surface area contributed by atoms with E-state index in [0.717, 1.165) is 0 Å². The minimum atomic E-state index is -0.544. The molecule has 0 bridgehead atoms. The van der Waals surface area contributed by atoms with Gasteiger partial charge in [0.1, 0.15) is 11.6 Å². The second-order valence-corrected chi connectivity index (χ2v) is 7.72. The van der Waals surface area contributed by atoms with Gasteiger partial charge in [-0.15, -0.1) is 0 Å². The third kappa shape index (κ3) is 5.06. The summed E-state index contributed by atoms with van der Waals surface area (Å²) in [5, 5.41) is 7.14. The average Bonchev–Trinajstić information content (AvgIpc) is 3.26. The zero-order valence-electron chi connectivity index (χ0n) is 18.1. The molecule has 0 saturated heterocycles. The van der Waals surface area contributed by atoms with Crippen molar-refractivity contribution in [1.82, 2.24) is 20.1 Å². The molecular formula is C25H22F2N4O2. The summed E-state index contributed by atoms with van der Waals surface area (Å²) in [6, 6.07) is 13.8. The molecule has 0 spiro atoms. The lowest BCUT2D eigenvalue weighted by atomic mass is 10.0. The summed E-state index contributed by atoms with van der Waals surface area (Å²) in [5.74, 6) is -0.739. The Labute approximate surface area is 189 Å². The molecule has 0 fully saturated rings. The predicted molar refractivity (Wildman–Crippen MR) is 119 cm³/mol. The first-order valence-corrected chi connectivity index (χ1v) is 10.4. The molecule has 2 aromatic carbocycles. The molecule has 168 valence electrons. The lowest BCUT2D eigenvalue weighted by molar-refractivity contribution is 0.0949. The topological polar surface area (TPSA) is 69.0 Å². The summed E-state index contributed by atoms with van der Waals surface area (Å²) >= 11 is 0. The normalized spacial score (nSPS) is 10.9. The molecule has 8 heteroatoms. The van der Waals surface area contributed by atoms with Gasteiger partial charge in [0.2, 0.25) is 0 Å². The highest BCUT2D eigenvalue weighted by molar-refractivity contribution is 5.95. The fourth-order valence-corrected chi connectivity index (χ4v) is 3.43. The predicted octanol–water partition coefficient (Wildman–Crippen LogP) is 5.39. The maximum absolute atomic E-state index is 14.5. The van der Waals surface area contributed by atoms with Crippen molar-refractivity contribution < 1.29 is 18.3 Å². The third-order valence-corrected chi connectivity index (χ3v) is 4.98. The average molecular weight is 448 g/mol. The number of halogens is 2. The molecule has 0 aliphatic carbocycles. The van der Waals surface area contributed by atoms with Crippen LogP contribution in [0.4, 0.5) is 8.78 Å². The first-order valence-electron chi connectivity index (χ1n) is 10.4. The number of rotatable bonds is 7. The Balaban J connectivity index is 1.48. The van der Waals surface area contributed by atoms with Gasteiger partial charge in [-0.1, -0.05) is 19.9 Å². The first-order chi connectivity index (χ1) is 15.9. The molecule has 33 heavy (non-hydrogen) atoms. The van der Waals surface area contributed by atoms with Crippen LogP contribution in [0.5, 0.6) is 11.5 Å². The molecule has 4 aromatic rings. The van der Waals surface area contributed by atoms with Gasteiger partial charge in [-0.3, -0.25) is 9.78 Å². The van der Waals surface area contributed by atoms with Gasteiger partial charge in [-0.05, 0) is 60.0 Å². The van der Waals surface area contributed by atoms with Crippen LogP contribution >= 0.6 is 0 Å². The Kier molecular flexibility index (Phi) is 6.44. The van der Waals surface area contributed by atoms with Crippen molar-refractivity contribution in [3.8, 4) is 17.2 Å². The van der Waals surface area contributed by atoms with Gasteiger partial charge in [0.05, 0.1) is 29.3 Å². The van der Waals surface area contributed by atoms with E-state index in [2.05, 4.69) is 15.4 Å². The van der Waals surface area contributed by atoms with Crippen LogP contribution in [0.25, 0.3) is 5.69 Å². The van der Waals surface area contributed by atoms with Crippen LogP contribution in [0.3, 0.4) is 0 Å². The Morgan fingerprint density at radius 2 is 1.88 bits per heavy atom. The number of aromatic nitrogens is 3. The number of carbonyl (C=O) groups is 1. The lowest BCUT2D eigenvalue weighted by Crippen LogP contribution is -2.24. The number of hydrogen-bond donors (Lipinski definition) is 1. The molecular weight excluding hydrogens is 426 g/mol. The maximum atomic E-state index is 14.5. The minimum Gasteiger partial charge on any atom is -0.453 e. The Bertz CT molecular complexity index is 1260. The SMILES string of the molecule is CC(C)c1c(C(=O)NCc2ccc(Oc3cccnc3)c(F)c2)cnn1-c1ccc(F)cc1. The van der Waals surface area contributed by atoms with Crippen LogP contribution in [0, 0.1) is 11.6 Å². The summed E-state index contributed by atoms with van der Waals surface area (Å²) in [6.07, 6.45) is 4.58. The van der Waals surface area contributed by atoms with E-state index >= 15 is 0 Å². The number of nitrogens with one attached hydrogen (secondary N) is 1. The van der Waals surface area contributed by atoms with Crippen LogP contribution in [0.2, 0.25) is 0 Å². The molecule has 4 rings (SSSR count). The molecule has 2 aromatic heterocycles. The molecule has 0 radical (unpaired) electrons. The van der Waals surface area contributed by atoms with Crippen LogP contribution in [-0.2, 0) is 6.54 Å². The summed E-state index contributed by atoms with van der Waals surface area (Å²) < 4.78 is 34.9. The highest BCUT2D eigenvalue weighted by atomic mass is 19.1. The van der Waals surface area contributed by atoms with Crippen molar-refractivity contribution in [3.05, 3.63) is 102 Å². The van der Waals surface area contributed by atoms with Crippen molar-refractivity contribution in [2.24, 2.45) is 0 Å². The van der Waals surface area contributed by atoms with E-state index in [0.29, 0.717) is 28.3 Å². The summed E-state index contributed by atoms with van der Waals surface area (Å²) in [5.41, 5.74) is 2.35. The van der Waals surface area contributed by atoms with Gasteiger partial charge >= 0.3 is 0 Å². The molecule has 6 nitrogen and oxygen atoms in total. The number of hydrogen-bond acceptors (Lipinski definition) is 4. The smallest absolute Gasteiger partial charge is 0.255 e. The van der Waals surface area contributed by atoms with Gasteiger partial charge in [-0.2, -0.15) is 5.10 Å². The summed E-state index contributed by atoms with van der Waals surface area (Å²) in [6.45, 7) is 4.02. The van der Waals surface area contributed by atoms with Gasteiger partial charge in [0.15, 0.2) is 11.6 Å². The van der Waals surface area contributed by atoms with E-state index in [1.54, 1.807) is 41.2 Å². The monoisotopic (exact) mass is 448 g/mol. The maximum Gasteiger partial charge on any atom is 0.255 e. The fraction of sp³-hybridized carbons (Fsp3) is 0.160. The van der Waals surface area contributed by atoms with Crippen LogP contribution in [0.1, 0.15) is 41.4 Å². The van der Waals surface area contributed by atoms with E-state index < -0.39 is 5.82 Å². The minimum absolute atomic E-state index is 0.0142. The highest BCUT2D eigenvalue weighted by Crippen LogP contribution is 2.25. The molecule has 0 aliphatic heterocycles. The van der Waals surface area contributed by atoms with Gasteiger partial charge < -0.3 is 10.1 Å². The van der Waals surface area contributed by atoms with E-state index in [-0.39, 0.29) is 29.9 Å². The third-order valence-electron chi connectivity index (χ3n) is 4.98. The van der Waals surface area contributed by atoms with Crippen LogP contribution in [0.15, 0.2) is 73.2 Å². The zero-order valence-corrected chi connectivity index (χ0v) is 18.1. The molecule has 0 unspecified atom stereocenters. The Morgan fingerprint density at radius 3 is 2.55 bits per heavy atom. The lowest BCUT2D eigenvalue weighted by Gasteiger charge is -2.13. The number of nitrogens with zero attached hydrogens (tertiary/aromatic N) is 3. The van der Waals surface area contributed by atoms with E-state index in [1.807, 2.05) is 13.8 Å². The second kappa shape index (κ2) is 9.60. The Hall–Kier alpha value is -4.07. The first kappa shape index (κ1) is 22.1. The van der Waals surface area contributed by atoms with Crippen molar-refractivity contribution in [2.75, 3.05) is 0 Å². The van der Waals surface area contributed by atoms with Crippen molar-refractivity contribution >= 4 is 5.91 Å². The van der Waals surface area contributed by atoms with Crippen molar-refractivity contribution in [1.29, 1.82) is 0 Å². The van der Waals surface area contributed by atoms with E-state index in [4.69, 9.17) is 4.74 Å². The van der Waals surface area contributed by atoms with Gasteiger partial charge in [0, 0.05) is 12.7 Å². The number of amides is 1. The number of benzene rings is 2. The molecule has 0 atom stereocenters. The van der Waals surface area contributed by atoms with E-state index in [1.165, 1.54) is 36.7 Å². The summed E-state index contributed by atoms with van der Waals surface area (Å²) in [7, 11) is 0. The van der Waals surface area contributed by atoms with E-state index in [9.17, 15) is 13.6 Å². The standard InChI is InChI=1S/C25H22F2N4O2/c1-16(2)24-21(15-30-31(24)19-8-6-18(26)7-9-19)25(32)29-13-17-5-10-23(22(27)12-17)33-20-4-3-11-28-14-20/h3-12,14-16H,13H2,1-2H3,(H,29,32). The number of pyridine rings is 1. The summed E-state index contributed by atoms with van der Waals surface area (Å²) in [4.78, 5) is 16.8. The zero-order chi connectivity index (χ0) is 23.4. The van der Waals surface area contributed by atoms with Gasteiger partial charge in [-0.25, -0.2) is 13.5 Å². The van der Waals surface area contributed by atoms with Gasteiger partial charge in [0.25, 0.3) is 5.91 Å². The van der Waals surface area contributed by atoms with Crippen molar-refractivity contribution in [3.63, 3.8) is 0 Å². The fourth-order valence-electron chi connectivity index (χ4n) is 3.43. The van der Waals surface area contributed by atoms with Crippen molar-refractivity contribution in [2.45, 2.75) is 26.3 Å². The molecule has 2 heterocycles. The molecule has 1 N–H and O–H groups in total. The molecule has 0 aliphatic rings. The quantitative estimate of drug-likeness (QED) is 0.412. The van der Waals surface area contributed by atoms with Crippen LogP contribution in [-0.4, -0.2) is 20.7 Å².